The number of fused-ring (bicyclic) bond motifs is 5. The smallest absolute Gasteiger partial charge is 0.247 e. The summed E-state index contributed by atoms with van der Waals surface area (Å²) in [5, 5.41) is 9.43. The van der Waals surface area contributed by atoms with E-state index in [1.807, 2.05) is 33.5 Å². The monoisotopic (exact) mass is 464 g/mol. The molecule has 8 nitrogen and oxygen atoms in total. The molecule has 6 rings (SSSR count). The maximum absolute atomic E-state index is 6.35. The van der Waals surface area contributed by atoms with Crippen molar-refractivity contribution in [1.29, 1.82) is 0 Å². The van der Waals surface area contributed by atoms with Crippen molar-refractivity contribution in [2.75, 3.05) is 7.11 Å². The first kappa shape index (κ1) is 19.1. The Morgan fingerprint density at radius 2 is 2.00 bits per heavy atom. The molecular formula is C22H14Cl2N6O2. The second-order valence-electron chi connectivity index (χ2n) is 7.24. The maximum atomic E-state index is 6.35. The number of hydrogen-bond acceptors (Lipinski definition) is 6. The zero-order valence-corrected chi connectivity index (χ0v) is 18.2. The van der Waals surface area contributed by atoms with Gasteiger partial charge in [0.15, 0.2) is 0 Å². The third-order valence-electron chi connectivity index (χ3n) is 5.42. The Hall–Kier alpha value is -3.62. The van der Waals surface area contributed by atoms with Gasteiger partial charge in [-0.2, -0.15) is 0 Å². The minimum absolute atomic E-state index is 0.399. The van der Waals surface area contributed by atoms with Gasteiger partial charge in [0, 0.05) is 23.1 Å². The lowest BCUT2D eigenvalue weighted by molar-refractivity contribution is 0.414. The zero-order valence-electron chi connectivity index (χ0n) is 16.7. The van der Waals surface area contributed by atoms with E-state index in [4.69, 9.17) is 32.4 Å². The van der Waals surface area contributed by atoms with Gasteiger partial charge >= 0.3 is 0 Å². The number of halogens is 2. The molecule has 0 radical (unpaired) electrons. The van der Waals surface area contributed by atoms with Crippen molar-refractivity contribution >= 4 is 23.2 Å². The minimum atomic E-state index is 0.399. The van der Waals surface area contributed by atoms with Crippen molar-refractivity contribution in [3.63, 3.8) is 0 Å². The molecule has 10 heteroatoms. The molecule has 0 saturated carbocycles. The molecule has 0 atom stereocenters. The average molecular weight is 465 g/mol. The number of imidazole rings is 1. The van der Waals surface area contributed by atoms with Gasteiger partial charge in [0.1, 0.15) is 29.7 Å². The van der Waals surface area contributed by atoms with E-state index in [1.54, 1.807) is 38.0 Å². The largest absolute Gasteiger partial charge is 0.497 e. The van der Waals surface area contributed by atoms with Crippen LogP contribution in [0.3, 0.4) is 0 Å². The van der Waals surface area contributed by atoms with Gasteiger partial charge in [-0.05, 0) is 30.3 Å². The second kappa shape index (κ2) is 7.22. The number of oxazole rings is 1. The van der Waals surface area contributed by atoms with Crippen molar-refractivity contribution < 1.29 is 9.15 Å². The summed E-state index contributed by atoms with van der Waals surface area (Å²) in [6, 6.07) is 11.0. The van der Waals surface area contributed by atoms with Gasteiger partial charge in [-0.25, -0.2) is 14.6 Å². The van der Waals surface area contributed by atoms with Crippen LogP contribution < -0.4 is 4.74 Å². The molecule has 0 bridgehead atoms. The molecular weight excluding hydrogens is 451 g/mol. The molecule has 2 aromatic carbocycles. The first-order chi connectivity index (χ1) is 15.6. The lowest BCUT2D eigenvalue weighted by Gasteiger charge is -2.11. The molecule has 0 spiro atoms. The molecule has 0 unspecified atom stereocenters. The highest BCUT2D eigenvalue weighted by molar-refractivity contribution is 6.36. The molecule has 0 aliphatic carbocycles. The van der Waals surface area contributed by atoms with E-state index >= 15 is 0 Å². The number of nitrogens with zero attached hydrogens (tertiary/aromatic N) is 6. The number of rotatable bonds is 3. The third kappa shape index (κ3) is 2.91. The van der Waals surface area contributed by atoms with Gasteiger partial charge in [0.2, 0.25) is 5.89 Å². The van der Waals surface area contributed by atoms with E-state index in [0.29, 0.717) is 33.7 Å². The second-order valence-corrected chi connectivity index (χ2v) is 8.08. The van der Waals surface area contributed by atoms with Crippen LogP contribution in [0, 0.1) is 0 Å². The molecule has 1 aliphatic heterocycles. The Balaban J connectivity index is 1.49. The molecule has 0 saturated heterocycles. The summed E-state index contributed by atoms with van der Waals surface area (Å²) in [4.78, 5) is 9.27. The predicted molar refractivity (Wildman–Crippen MR) is 119 cm³/mol. The van der Waals surface area contributed by atoms with E-state index in [-0.39, 0.29) is 0 Å². The molecule has 5 aromatic rings. The van der Waals surface area contributed by atoms with E-state index in [0.717, 1.165) is 34.1 Å². The quantitative estimate of drug-likeness (QED) is 0.366. The Kier molecular flexibility index (Phi) is 4.31. The Morgan fingerprint density at radius 1 is 1.09 bits per heavy atom. The number of ether oxygens (including phenoxy) is 1. The standard InChI is InChI=1S/C22H14Cl2N6O2/c1-31-14-3-5-18-19(8-14)30-13(9-26-28-30)7-20-21(25-11-29(18)20)22-27-17(10-32-22)15-4-2-12(23)6-16(15)24/h2-6,8-11H,7H2,1H3. The van der Waals surface area contributed by atoms with Crippen LogP contribution >= 0.6 is 23.2 Å². The molecule has 32 heavy (non-hydrogen) atoms. The van der Waals surface area contributed by atoms with E-state index in [1.165, 1.54) is 0 Å². The molecule has 158 valence electrons. The average Bonchev–Trinajstić information content (AvgIpc) is 3.52. The highest BCUT2D eigenvalue weighted by Crippen LogP contribution is 2.36. The van der Waals surface area contributed by atoms with E-state index < -0.39 is 0 Å². The number of aromatic nitrogens is 6. The summed E-state index contributed by atoms with van der Waals surface area (Å²) in [6.45, 7) is 0. The van der Waals surface area contributed by atoms with Crippen molar-refractivity contribution in [1.82, 2.24) is 29.5 Å². The maximum Gasteiger partial charge on any atom is 0.247 e. The molecule has 0 fully saturated rings. The summed E-state index contributed by atoms with van der Waals surface area (Å²) < 4.78 is 15.0. The first-order valence-corrected chi connectivity index (χ1v) is 10.4. The van der Waals surface area contributed by atoms with Gasteiger partial charge in [0.25, 0.3) is 0 Å². The fourth-order valence-electron chi connectivity index (χ4n) is 3.89. The Labute approximate surface area is 192 Å². The van der Waals surface area contributed by atoms with Gasteiger partial charge in [-0.3, -0.25) is 4.57 Å². The molecule has 0 N–H and O–H groups in total. The van der Waals surface area contributed by atoms with Crippen molar-refractivity contribution in [3.05, 3.63) is 76.6 Å². The fourth-order valence-corrected chi connectivity index (χ4v) is 4.39. The normalized spacial score (nSPS) is 12.1. The van der Waals surface area contributed by atoms with Gasteiger partial charge in [-0.1, -0.05) is 28.4 Å². The van der Waals surface area contributed by atoms with E-state index in [9.17, 15) is 0 Å². The molecule has 4 heterocycles. The zero-order chi connectivity index (χ0) is 21.8. The number of methoxy groups -OCH3 is 1. The van der Waals surface area contributed by atoms with Crippen LogP contribution in [0.5, 0.6) is 5.75 Å². The van der Waals surface area contributed by atoms with Crippen LogP contribution in [-0.2, 0) is 6.42 Å². The molecule has 1 aliphatic rings. The van der Waals surface area contributed by atoms with Gasteiger partial charge in [-0.15, -0.1) is 5.10 Å². The van der Waals surface area contributed by atoms with E-state index in [2.05, 4.69) is 20.3 Å². The minimum Gasteiger partial charge on any atom is -0.497 e. The first-order valence-electron chi connectivity index (χ1n) is 9.68. The summed E-state index contributed by atoms with van der Waals surface area (Å²) in [6.07, 6.45) is 5.61. The highest BCUT2D eigenvalue weighted by Gasteiger charge is 2.26. The van der Waals surface area contributed by atoms with Crippen molar-refractivity contribution in [2.45, 2.75) is 6.42 Å². The van der Waals surface area contributed by atoms with Crippen LogP contribution in [0.25, 0.3) is 34.2 Å². The summed E-state index contributed by atoms with van der Waals surface area (Å²) >= 11 is 12.4. The van der Waals surface area contributed by atoms with Crippen LogP contribution in [-0.4, -0.2) is 36.6 Å². The third-order valence-corrected chi connectivity index (χ3v) is 5.97. The lowest BCUT2D eigenvalue weighted by Crippen LogP contribution is -2.03. The molecule has 0 amide bonds. The SMILES string of the molecule is COc1ccc2c(c1)-n1nncc1Cc1c(-c3nc(-c4ccc(Cl)cc4Cl)co3)ncn1-2. The summed E-state index contributed by atoms with van der Waals surface area (Å²) in [5.74, 6) is 1.13. The number of benzene rings is 2. The fraction of sp³-hybridized carbons (Fsp3) is 0.0909. The predicted octanol–water partition coefficient (Wildman–Crippen LogP) is 4.99. The highest BCUT2D eigenvalue weighted by atomic mass is 35.5. The van der Waals surface area contributed by atoms with Crippen LogP contribution in [0.4, 0.5) is 0 Å². The van der Waals surface area contributed by atoms with Crippen LogP contribution in [0.2, 0.25) is 10.0 Å². The number of hydrogen-bond donors (Lipinski definition) is 0. The van der Waals surface area contributed by atoms with Gasteiger partial charge in [0.05, 0.1) is 41.1 Å². The van der Waals surface area contributed by atoms with Crippen molar-refractivity contribution in [3.8, 4) is 40.0 Å². The lowest BCUT2D eigenvalue weighted by atomic mass is 10.2. The summed E-state index contributed by atoms with van der Waals surface area (Å²) in [7, 11) is 1.63. The summed E-state index contributed by atoms with van der Waals surface area (Å²) in [5.41, 5.74) is 5.54. The van der Waals surface area contributed by atoms with Crippen LogP contribution in [0.15, 0.2) is 59.6 Å². The molecule has 3 aromatic heterocycles. The Morgan fingerprint density at radius 3 is 2.84 bits per heavy atom. The van der Waals surface area contributed by atoms with Gasteiger partial charge < -0.3 is 9.15 Å². The van der Waals surface area contributed by atoms with Crippen molar-refractivity contribution in [2.24, 2.45) is 0 Å². The Bertz CT molecular complexity index is 1490. The van der Waals surface area contributed by atoms with Crippen LogP contribution in [0.1, 0.15) is 11.4 Å². The topological polar surface area (TPSA) is 83.8 Å².